The predicted molar refractivity (Wildman–Crippen MR) is 102 cm³/mol. The van der Waals surface area contributed by atoms with Crippen LogP contribution in [0.15, 0.2) is 54.6 Å². The molecule has 2 rings (SSSR count). The highest BCUT2D eigenvalue weighted by atomic mass is 16.6. The zero-order valence-corrected chi connectivity index (χ0v) is 15.6. The van der Waals surface area contributed by atoms with Crippen molar-refractivity contribution in [2.45, 2.75) is 25.9 Å². The third-order valence-electron chi connectivity index (χ3n) is 3.90. The number of benzene rings is 2. The second-order valence-electron chi connectivity index (χ2n) is 5.88. The van der Waals surface area contributed by atoms with Crippen molar-refractivity contribution in [2.24, 2.45) is 0 Å². The fourth-order valence-corrected chi connectivity index (χ4v) is 2.38. The Bertz CT molecular complexity index is 715. The van der Waals surface area contributed by atoms with E-state index in [1.165, 1.54) is 0 Å². The molecule has 1 unspecified atom stereocenters. The molecule has 1 amide bonds. The lowest BCUT2D eigenvalue weighted by atomic mass is 10.1. The van der Waals surface area contributed by atoms with E-state index in [-0.39, 0.29) is 12.5 Å². The minimum Gasteiger partial charge on any atom is -0.497 e. The maximum Gasteiger partial charge on any atom is 0.347 e. The van der Waals surface area contributed by atoms with Crippen molar-refractivity contribution < 1.29 is 23.8 Å². The van der Waals surface area contributed by atoms with Gasteiger partial charge in [-0.15, -0.1) is 0 Å². The molecule has 0 aliphatic carbocycles. The van der Waals surface area contributed by atoms with E-state index in [1.54, 1.807) is 19.2 Å². The molecule has 0 radical (unpaired) electrons. The summed E-state index contributed by atoms with van der Waals surface area (Å²) in [6.45, 7) is 1.96. The van der Waals surface area contributed by atoms with Crippen LogP contribution in [0.4, 0.5) is 0 Å². The van der Waals surface area contributed by atoms with E-state index in [2.05, 4.69) is 5.32 Å². The summed E-state index contributed by atoms with van der Waals surface area (Å²) in [6, 6.07) is 16.7. The third kappa shape index (κ3) is 7.01. The lowest BCUT2D eigenvalue weighted by Crippen LogP contribution is -2.34. The van der Waals surface area contributed by atoms with E-state index >= 15 is 0 Å². The normalized spacial score (nSPS) is 11.3. The van der Waals surface area contributed by atoms with Gasteiger partial charge in [0.1, 0.15) is 11.5 Å². The van der Waals surface area contributed by atoms with Crippen LogP contribution in [0.5, 0.6) is 11.5 Å². The number of esters is 1. The van der Waals surface area contributed by atoms with Gasteiger partial charge in [-0.05, 0) is 42.7 Å². The average molecular weight is 371 g/mol. The van der Waals surface area contributed by atoms with E-state index in [0.717, 1.165) is 11.3 Å². The molecule has 0 heterocycles. The minimum atomic E-state index is -0.737. The third-order valence-corrected chi connectivity index (χ3v) is 3.90. The Morgan fingerprint density at radius 1 is 1.00 bits per heavy atom. The summed E-state index contributed by atoms with van der Waals surface area (Å²) >= 11 is 0. The van der Waals surface area contributed by atoms with E-state index in [9.17, 15) is 9.59 Å². The van der Waals surface area contributed by atoms with E-state index in [0.29, 0.717) is 25.1 Å². The summed E-state index contributed by atoms with van der Waals surface area (Å²) in [5.41, 5.74) is 1.08. The van der Waals surface area contributed by atoms with Crippen LogP contribution >= 0.6 is 0 Å². The zero-order valence-electron chi connectivity index (χ0n) is 15.6. The van der Waals surface area contributed by atoms with Gasteiger partial charge in [-0.2, -0.15) is 0 Å². The second-order valence-corrected chi connectivity index (χ2v) is 5.88. The summed E-state index contributed by atoms with van der Waals surface area (Å²) in [5, 5.41) is 2.73. The molecule has 27 heavy (non-hydrogen) atoms. The summed E-state index contributed by atoms with van der Waals surface area (Å²) in [7, 11) is 1.62. The Morgan fingerprint density at radius 3 is 2.33 bits per heavy atom. The predicted octanol–water partition coefficient (Wildman–Crippen LogP) is 2.75. The number of nitrogens with one attached hydrogen (secondary N) is 1. The van der Waals surface area contributed by atoms with Crippen molar-refractivity contribution in [3.05, 3.63) is 60.2 Å². The van der Waals surface area contributed by atoms with Gasteiger partial charge in [-0.3, -0.25) is 4.79 Å². The molecular formula is C21H25NO5. The van der Waals surface area contributed by atoms with Gasteiger partial charge in [0, 0.05) is 6.54 Å². The summed E-state index contributed by atoms with van der Waals surface area (Å²) in [6.07, 6.45) is 0.394. The molecule has 2 aromatic carbocycles. The lowest BCUT2D eigenvalue weighted by molar-refractivity contribution is -0.155. The van der Waals surface area contributed by atoms with Crippen LogP contribution in [0.2, 0.25) is 0 Å². The Balaban J connectivity index is 1.69. The van der Waals surface area contributed by atoms with Crippen LogP contribution < -0.4 is 14.8 Å². The molecule has 6 nitrogen and oxygen atoms in total. The molecule has 0 saturated carbocycles. The number of hydrogen-bond donors (Lipinski definition) is 1. The molecule has 1 atom stereocenters. The topological polar surface area (TPSA) is 73.9 Å². The summed E-state index contributed by atoms with van der Waals surface area (Å²) in [5.74, 6) is 0.487. The molecule has 0 aliphatic heterocycles. The van der Waals surface area contributed by atoms with Crippen LogP contribution in [-0.4, -0.2) is 38.2 Å². The molecule has 0 spiro atoms. The number of amides is 1. The highest BCUT2D eigenvalue weighted by Crippen LogP contribution is 2.13. The van der Waals surface area contributed by atoms with Crippen LogP contribution in [0.25, 0.3) is 0 Å². The largest absolute Gasteiger partial charge is 0.497 e. The molecular weight excluding hydrogens is 346 g/mol. The first kappa shape index (κ1) is 20.3. The molecule has 2 aromatic rings. The molecule has 0 bridgehead atoms. The van der Waals surface area contributed by atoms with Crippen molar-refractivity contribution in [2.75, 3.05) is 20.3 Å². The smallest absolute Gasteiger partial charge is 0.347 e. The standard InChI is InChI=1S/C21H25NO5/c1-3-19(27-18-7-5-4-6-8-18)21(24)26-15-20(23)22-14-13-16-9-11-17(25-2)12-10-16/h4-12,19H,3,13-15H2,1-2H3,(H,22,23). The SMILES string of the molecule is CCC(Oc1ccccc1)C(=O)OCC(=O)NCCc1ccc(OC)cc1. The molecule has 6 heteroatoms. The molecule has 0 aromatic heterocycles. The summed E-state index contributed by atoms with van der Waals surface area (Å²) in [4.78, 5) is 24.0. The van der Waals surface area contributed by atoms with Gasteiger partial charge in [-0.1, -0.05) is 37.3 Å². The van der Waals surface area contributed by atoms with Crippen molar-refractivity contribution in [1.82, 2.24) is 5.32 Å². The number of hydrogen-bond acceptors (Lipinski definition) is 5. The Kier molecular flexibility index (Phi) is 8.16. The summed E-state index contributed by atoms with van der Waals surface area (Å²) < 4.78 is 15.8. The van der Waals surface area contributed by atoms with Gasteiger partial charge in [-0.25, -0.2) is 4.79 Å². The van der Waals surface area contributed by atoms with Crippen molar-refractivity contribution in [3.8, 4) is 11.5 Å². The van der Waals surface area contributed by atoms with Gasteiger partial charge >= 0.3 is 5.97 Å². The number of carbonyl (C=O) groups excluding carboxylic acids is 2. The van der Waals surface area contributed by atoms with E-state index in [4.69, 9.17) is 14.2 Å². The first-order valence-electron chi connectivity index (χ1n) is 8.90. The number of methoxy groups -OCH3 is 1. The fraction of sp³-hybridized carbons (Fsp3) is 0.333. The van der Waals surface area contributed by atoms with Crippen molar-refractivity contribution in [1.29, 1.82) is 0 Å². The number of ether oxygens (including phenoxy) is 3. The highest BCUT2D eigenvalue weighted by Gasteiger charge is 2.21. The van der Waals surface area contributed by atoms with Gasteiger partial charge in [0.2, 0.25) is 0 Å². The van der Waals surface area contributed by atoms with E-state index in [1.807, 2.05) is 49.4 Å². The van der Waals surface area contributed by atoms with Crippen LogP contribution in [-0.2, 0) is 20.7 Å². The van der Waals surface area contributed by atoms with Gasteiger partial charge < -0.3 is 19.5 Å². The van der Waals surface area contributed by atoms with Crippen LogP contribution in [0, 0.1) is 0 Å². The molecule has 0 saturated heterocycles. The maximum atomic E-state index is 12.1. The lowest BCUT2D eigenvalue weighted by Gasteiger charge is -2.16. The first-order valence-corrected chi connectivity index (χ1v) is 8.90. The van der Waals surface area contributed by atoms with Gasteiger partial charge in [0.05, 0.1) is 7.11 Å². The quantitative estimate of drug-likeness (QED) is 0.650. The first-order chi connectivity index (χ1) is 13.1. The monoisotopic (exact) mass is 371 g/mol. The minimum absolute atomic E-state index is 0.323. The molecule has 0 aliphatic rings. The molecule has 144 valence electrons. The van der Waals surface area contributed by atoms with Crippen LogP contribution in [0.3, 0.4) is 0 Å². The Labute approximate surface area is 159 Å². The van der Waals surface area contributed by atoms with E-state index < -0.39 is 12.1 Å². The van der Waals surface area contributed by atoms with Gasteiger partial charge in [0.15, 0.2) is 12.7 Å². The fourth-order valence-electron chi connectivity index (χ4n) is 2.38. The Hall–Kier alpha value is -3.02. The van der Waals surface area contributed by atoms with Crippen molar-refractivity contribution in [3.63, 3.8) is 0 Å². The number of para-hydroxylation sites is 1. The zero-order chi connectivity index (χ0) is 19.5. The average Bonchev–Trinajstić information content (AvgIpc) is 2.71. The maximum absolute atomic E-state index is 12.1. The Morgan fingerprint density at radius 2 is 1.70 bits per heavy atom. The van der Waals surface area contributed by atoms with Crippen molar-refractivity contribution >= 4 is 11.9 Å². The number of rotatable bonds is 10. The second kappa shape index (κ2) is 10.9. The highest BCUT2D eigenvalue weighted by molar-refractivity contribution is 5.82. The molecule has 0 fully saturated rings. The van der Waals surface area contributed by atoms with Gasteiger partial charge in [0.25, 0.3) is 5.91 Å². The van der Waals surface area contributed by atoms with Crippen LogP contribution in [0.1, 0.15) is 18.9 Å². The molecule has 1 N–H and O–H groups in total. The number of carbonyl (C=O) groups is 2.